The summed E-state index contributed by atoms with van der Waals surface area (Å²) in [6.45, 7) is 2.16. The molecule has 3 nitrogen and oxygen atoms in total. The Morgan fingerprint density at radius 3 is 2.58 bits per heavy atom. The Morgan fingerprint density at radius 2 is 1.73 bits per heavy atom. The average Bonchev–Trinajstić information content (AvgIpc) is 3.31. The lowest BCUT2D eigenvalue weighted by Gasteiger charge is -2.15. The summed E-state index contributed by atoms with van der Waals surface area (Å²) in [6.07, 6.45) is 7.28. The van der Waals surface area contributed by atoms with E-state index in [9.17, 15) is 0 Å². The first kappa shape index (κ1) is 15.4. The van der Waals surface area contributed by atoms with Gasteiger partial charge in [-0.1, -0.05) is 61.4 Å². The highest BCUT2D eigenvalue weighted by molar-refractivity contribution is 5.96. The van der Waals surface area contributed by atoms with Crippen molar-refractivity contribution in [2.24, 2.45) is 0 Å². The number of nitrogens with zero attached hydrogens (tertiary/aromatic N) is 2. The van der Waals surface area contributed by atoms with Gasteiger partial charge in [0.05, 0.1) is 0 Å². The van der Waals surface area contributed by atoms with Crippen molar-refractivity contribution in [1.29, 1.82) is 0 Å². The normalized spacial score (nSPS) is 15.1. The van der Waals surface area contributed by atoms with E-state index < -0.39 is 0 Å². The Balaban J connectivity index is 1.78. The van der Waals surface area contributed by atoms with Crippen LogP contribution in [-0.4, -0.2) is 15.4 Å². The molecule has 26 heavy (non-hydrogen) atoms. The summed E-state index contributed by atoms with van der Waals surface area (Å²) in [5.74, 6) is 1.13. The van der Waals surface area contributed by atoms with Crippen LogP contribution in [0.2, 0.25) is 0 Å². The number of rotatable bonds is 3. The molecule has 0 amide bonds. The molecule has 5 rings (SSSR count). The highest BCUT2D eigenvalue weighted by atomic mass is 15.1. The number of aromatic nitrogens is 2. The number of nitrogens with one attached hydrogen (secondary N) is 1. The van der Waals surface area contributed by atoms with Gasteiger partial charge < -0.3 is 5.32 Å². The van der Waals surface area contributed by atoms with E-state index in [2.05, 4.69) is 77.4 Å². The van der Waals surface area contributed by atoms with Crippen LogP contribution in [0.4, 0.5) is 5.82 Å². The zero-order valence-corrected chi connectivity index (χ0v) is 15.1. The van der Waals surface area contributed by atoms with Gasteiger partial charge in [-0.05, 0) is 36.8 Å². The number of anilines is 1. The first-order chi connectivity index (χ1) is 12.8. The van der Waals surface area contributed by atoms with Crippen molar-refractivity contribution in [3.8, 4) is 11.3 Å². The predicted octanol–water partition coefficient (Wildman–Crippen LogP) is 5.82. The second-order valence-electron chi connectivity index (χ2n) is 7.35. The van der Waals surface area contributed by atoms with Crippen LogP contribution < -0.4 is 5.32 Å². The lowest BCUT2D eigenvalue weighted by Crippen LogP contribution is -2.16. The molecule has 0 aliphatic heterocycles. The molecule has 2 aromatic heterocycles. The molecule has 0 unspecified atom stereocenters. The first-order valence-electron chi connectivity index (χ1n) is 9.53. The van der Waals surface area contributed by atoms with E-state index in [4.69, 9.17) is 4.98 Å². The van der Waals surface area contributed by atoms with Crippen LogP contribution in [0.1, 0.15) is 31.2 Å². The first-order valence-corrected chi connectivity index (χ1v) is 9.53. The lowest BCUT2D eigenvalue weighted by molar-refractivity contribution is 0.749. The van der Waals surface area contributed by atoms with Gasteiger partial charge in [0, 0.05) is 23.2 Å². The number of hydrogen-bond donors (Lipinski definition) is 1. The smallest absolute Gasteiger partial charge is 0.147 e. The van der Waals surface area contributed by atoms with Crippen molar-refractivity contribution in [2.75, 3.05) is 5.32 Å². The summed E-state index contributed by atoms with van der Waals surface area (Å²) in [7, 11) is 0. The quantitative estimate of drug-likeness (QED) is 0.509. The van der Waals surface area contributed by atoms with Gasteiger partial charge in [0.1, 0.15) is 17.2 Å². The minimum Gasteiger partial charge on any atom is -0.367 e. The molecular weight excluding hydrogens is 318 g/mol. The van der Waals surface area contributed by atoms with E-state index in [0.29, 0.717) is 6.04 Å². The summed E-state index contributed by atoms with van der Waals surface area (Å²) < 4.78 is 2.24. The van der Waals surface area contributed by atoms with Gasteiger partial charge in [-0.2, -0.15) is 0 Å². The van der Waals surface area contributed by atoms with Crippen LogP contribution in [0.3, 0.4) is 0 Å². The maximum absolute atomic E-state index is 5.11. The van der Waals surface area contributed by atoms with E-state index in [0.717, 1.165) is 17.2 Å². The van der Waals surface area contributed by atoms with Crippen LogP contribution in [0, 0.1) is 6.92 Å². The summed E-state index contributed by atoms with van der Waals surface area (Å²) in [5.41, 5.74) is 4.56. The zero-order chi connectivity index (χ0) is 17.5. The van der Waals surface area contributed by atoms with Gasteiger partial charge in [0.25, 0.3) is 0 Å². The van der Waals surface area contributed by atoms with Crippen molar-refractivity contribution in [3.05, 3.63) is 66.4 Å². The highest BCUT2D eigenvalue weighted by Crippen LogP contribution is 2.35. The minimum absolute atomic E-state index is 0.545. The third kappa shape index (κ3) is 2.47. The molecule has 2 heterocycles. The second kappa shape index (κ2) is 6.17. The zero-order valence-electron chi connectivity index (χ0n) is 15.1. The summed E-state index contributed by atoms with van der Waals surface area (Å²) >= 11 is 0. The van der Waals surface area contributed by atoms with Crippen molar-refractivity contribution in [1.82, 2.24) is 9.38 Å². The Bertz CT molecular complexity index is 1090. The molecule has 1 fully saturated rings. The van der Waals surface area contributed by atoms with Gasteiger partial charge in [-0.3, -0.25) is 4.40 Å². The number of hydrogen-bond acceptors (Lipinski definition) is 2. The number of pyridine rings is 1. The minimum atomic E-state index is 0.545. The fourth-order valence-corrected chi connectivity index (χ4v) is 4.20. The molecule has 0 bridgehead atoms. The van der Waals surface area contributed by atoms with E-state index in [-0.39, 0.29) is 0 Å². The second-order valence-corrected chi connectivity index (χ2v) is 7.35. The molecule has 1 saturated carbocycles. The van der Waals surface area contributed by atoms with Gasteiger partial charge in [-0.15, -0.1) is 0 Å². The highest BCUT2D eigenvalue weighted by Gasteiger charge is 2.21. The van der Waals surface area contributed by atoms with Crippen molar-refractivity contribution in [3.63, 3.8) is 0 Å². The molecule has 130 valence electrons. The molecule has 1 aliphatic rings. The van der Waals surface area contributed by atoms with Gasteiger partial charge in [0.2, 0.25) is 0 Å². The summed E-state index contributed by atoms with van der Waals surface area (Å²) in [4.78, 5) is 5.11. The fourth-order valence-electron chi connectivity index (χ4n) is 4.20. The Hall–Kier alpha value is -2.81. The third-order valence-electron chi connectivity index (χ3n) is 5.61. The predicted molar refractivity (Wildman–Crippen MR) is 109 cm³/mol. The molecule has 3 heteroatoms. The Labute approximate surface area is 153 Å². The SMILES string of the molecule is Cc1ccccc1-c1nc2c3ccccc3ccn2c1NC1CCCC1. The molecule has 4 aromatic rings. The Morgan fingerprint density at radius 1 is 0.962 bits per heavy atom. The molecule has 2 aromatic carbocycles. The van der Waals surface area contributed by atoms with E-state index in [1.165, 1.54) is 47.6 Å². The van der Waals surface area contributed by atoms with Gasteiger partial charge in [-0.25, -0.2) is 4.98 Å². The van der Waals surface area contributed by atoms with Crippen LogP contribution in [-0.2, 0) is 0 Å². The summed E-state index contributed by atoms with van der Waals surface area (Å²) in [6, 6.07) is 19.8. The van der Waals surface area contributed by atoms with E-state index >= 15 is 0 Å². The molecule has 0 saturated heterocycles. The average molecular weight is 341 g/mol. The lowest BCUT2D eigenvalue weighted by atomic mass is 10.1. The molecule has 1 N–H and O–H groups in total. The topological polar surface area (TPSA) is 29.3 Å². The maximum Gasteiger partial charge on any atom is 0.147 e. The monoisotopic (exact) mass is 341 g/mol. The van der Waals surface area contributed by atoms with Crippen LogP contribution >= 0.6 is 0 Å². The van der Waals surface area contributed by atoms with Crippen LogP contribution in [0.5, 0.6) is 0 Å². The number of fused-ring (bicyclic) bond motifs is 3. The van der Waals surface area contributed by atoms with Crippen molar-refractivity contribution >= 4 is 22.2 Å². The maximum atomic E-state index is 5.11. The van der Waals surface area contributed by atoms with Crippen LogP contribution in [0.25, 0.3) is 27.7 Å². The van der Waals surface area contributed by atoms with E-state index in [1.807, 2.05) is 0 Å². The number of aryl methyl sites for hydroxylation is 1. The number of imidazole rings is 1. The van der Waals surface area contributed by atoms with E-state index in [1.54, 1.807) is 0 Å². The molecular formula is C23H23N3. The largest absolute Gasteiger partial charge is 0.367 e. The molecule has 1 aliphatic carbocycles. The third-order valence-corrected chi connectivity index (χ3v) is 5.61. The van der Waals surface area contributed by atoms with Crippen LogP contribution in [0.15, 0.2) is 60.8 Å². The Kier molecular flexibility index (Phi) is 3.66. The summed E-state index contributed by atoms with van der Waals surface area (Å²) in [5, 5.41) is 6.25. The van der Waals surface area contributed by atoms with Crippen molar-refractivity contribution in [2.45, 2.75) is 38.6 Å². The molecule has 0 radical (unpaired) electrons. The standard InChI is InChI=1S/C23H23N3/c1-16-8-2-6-12-19(16)21-23(24-18-10-4-5-11-18)26-15-14-17-9-3-7-13-20(17)22(26)25-21/h2-3,6-9,12-15,18,24H,4-5,10-11H2,1H3. The van der Waals surface area contributed by atoms with Gasteiger partial charge >= 0.3 is 0 Å². The molecule has 0 spiro atoms. The van der Waals surface area contributed by atoms with Gasteiger partial charge in [0.15, 0.2) is 0 Å². The number of benzene rings is 2. The fraction of sp³-hybridized carbons (Fsp3) is 0.261. The molecule has 0 atom stereocenters. The van der Waals surface area contributed by atoms with Crippen molar-refractivity contribution < 1.29 is 0 Å².